The molecule has 1 amide bonds. The molecule has 0 saturated heterocycles. The van der Waals surface area contributed by atoms with Gasteiger partial charge in [0, 0.05) is 24.8 Å². The molecule has 0 saturated carbocycles. The van der Waals surface area contributed by atoms with Gasteiger partial charge >= 0.3 is 0 Å². The Morgan fingerprint density at radius 3 is 2.36 bits per heavy atom. The van der Waals surface area contributed by atoms with E-state index in [1.165, 1.54) is 11.1 Å². The Hall–Kier alpha value is -2.14. The molecule has 1 aromatic carbocycles. The van der Waals surface area contributed by atoms with Crippen molar-refractivity contribution < 1.29 is 4.79 Å². The van der Waals surface area contributed by atoms with Gasteiger partial charge in [-0.2, -0.15) is 5.10 Å². The van der Waals surface area contributed by atoms with Gasteiger partial charge in [-0.05, 0) is 45.5 Å². The first-order chi connectivity index (χ1) is 11.8. The van der Waals surface area contributed by atoms with Gasteiger partial charge in [-0.3, -0.25) is 9.48 Å². The summed E-state index contributed by atoms with van der Waals surface area (Å²) in [5.74, 6) is 0.0382. The van der Waals surface area contributed by atoms with Crippen molar-refractivity contribution in [3.05, 3.63) is 52.3 Å². The number of benzene rings is 1. The van der Waals surface area contributed by atoms with Crippen LogP contribution in [-0.2, 0) is 24.7 Å². The Bertz CT molecular complexity index is 716. The van der Waals surface area contributed by atoms with E-state index in [0.29, 0.717) is 13.0 Å². The van der Waals surface area contributed by atoms with Gasteiger partial charge in [-0.15, -0.1) is 0 Å². The number of aryl methyl sites for hydroxylation is 3. The zero-order valence-electron chi connectivity index (χ0n) is 16.3. The molecule has 0 aliphatic carbocycles. The van der Waals surface area contributed by atoms with Crippen molar-refractivity contribution in [1.82, 2.24) is 20.0 Å². The Balaban J connectivity index is 2.01. The van der Waals surface area contributed by atoms with Crippen LogP contribution < -0.4 is 5.32 Å². The lowest BCUT2D eigenvalue weighted by Gasteiger charge is -2.25. The van der Waals surface area contributed by atoms with Gasteiger partial charge in [0.15, 0.2) is 0 Å². The highest BCUT2D eigenvalue weighted by Crippen LogP contribution is 2.19. The number of nitrogens with zero attached hydrogens (tertiary/aromatic N) is 3. The van der Waals surface area contributed by atoms with E-state index < -0.39 is 0 Å². The van der Waals surface area contributed by atoms with Crippen molar-refractivity contribution in [2.75, 3.05) is 20.6 Å². The average molecular weight is 342 g/mol. The van der Waals surface area contributed by atoms with Gasteiger partial charge in [0.05, 0.1) is 18.2 Å². The van der Waals surface area contributed by atoms with Gasteiger partial charge in [0.25, 0.3) is 0 Å². The van der Waals surface area contributed by atoms with E-state index in [0.717, 1.165) is 23.4 Å². The molecule has 136 valence electrons. The van der Waals surface area contributed by atoms with Gasteiger partial charge in [-0.25, -0.2) is 0 Å². The molecular formula is C20H30N4O. The predicted molar refractivity (Wildman–Crippen MR) is 102 cm³/mol. The van der Waals surface area contributed by atoms with E-state index in [2.05, 4.69) is 46.5 Å². The molecule has 1 aromatic heterocycles. The molecule has 1 N–H and O–H groups in total. The van der Waals surface area contributed by atoms with E-state index in [4.69, 9.17) is 0 Å². The number of carbonyl (C=O) groups excluding carboxylic acids is 1. The van der Waals surface area contributed by atoms with Gasteiger partial charge < -0.3 is 10.2 Å². The van der Waals surface area contributed by atoms with Crippen LogP contribution in [0.25, 0.3) is 0 Å². The molecule has 1 atom stereocenters. The molecule has 2 aromatic rings. The second-order valence-corrected chi connectivity index (χ2v) is 6.83. The predicted octanol–water partition coefficient (Wildman–Crippen LogP) is 2.56. The lowest BCUT2D eigenvalue weighted by Crippen LogP contribution is -2.35. The fourth-order valence-electron chi connectivity index (χ4n) is 3.08. The zero-order chi connectivity index (χ0) is 18.6. The van der Waals surface area contributed by atoms with E-state index in [1.54, 1.807) is 0 Å². The second kappa shape index (κ2) is 8.30. The van der Waals surface area contributed by atoms with Crippen molar-refractivity contribution in [3.63, 3.8) is 0 Å². The minimum absolute atomic E-state index is 0.0382. The third kappa shape index (κ3) is 4.69. The summed E-state index contributed by atoms with van der Waals surface area (Å²) in [4.78, 5) is 14.6. The first kappa shape index (κ1) is 19.2. The Morgan fingerprint density at radius 2 is 1.88 bits per heavy atom. The van der Waals surface area contributed by atoms with Crippen molar-refractivity contribution in [2.24, 2.45) is 7.05 Å². The lowest BCUT2D eigenvalue weighted by atomic mass is 10.0. The molecule has 0 aliphatic rings. The third-order valence-corrected chi connectivity index (χ3v) is 4.88. The normalized spacial score (nSPS) is 12.4. The highest BCUT2D eigenvalue weighted by molar-refractivity contribution is 5.79. The monoisotopic (exact) mass is 342 g/mol. The van der Waals surface area contributed by atoms with Crippen LogP contribution in [0.2, 0.25) is 0 Å². The quantitative estimate of drug-likeness (QED) is 0.841. The summed E-state index contributed by atoms with van der Waals surface area (Å²) >= 11 is 0. The van der Waals surface area contributed by atoms with Crippen LogP contribution in [0.1, 0.15) is 41.0 Å². The van der Waals surface area contributed by atoms with Crippen LogP contribution in [0.4, 0.5) is 0 Å². The highest BCUT2D eigenvalue weighted by atomic mass is 16.1. The number of carbonyl (C=O) groups is 1. The maximum atomic E-state index is 12.4. The molecule has 1 unspecified atom stereocenters. The van der Waals surface area contributed by atoms with Crippen molar-refractivity contribution in [2.45, 2.75) is 39.7 Å². The van der Waals surface area contributed by atoms with Gasteiger partial charge in [0.1, 0.15) is 0 Å². The fourth-order valence-corrected chi connectivity index (χ4v) is 3.08. The van der Waals surface area contributed by atoms with Crippen LogP contribution in [0.3, 0.4) is 0 Å². The smallest absolute Gasteiger partial charge is 0.224 e. The number of amides is 1. The number of hydrogen-bond acceptors (Lipinski definition) is 3. The Labute approximate surface area is 151 Å². The molecule has 0 radical (unpaired) electrons. The molecule has 0 aliphatic heterocycles. The molecule has 0 bridgehead atoms. The topological polar surface area (TPSA) is 50.2 Å². The highest BCUT2D eigenvalue weighted by Gasteiger charge is 2.17. The van der Waals surface area contributed by atoms with Crippen LogP contribution in [0.5, 0.6) is 0 Å². The molecule has 5 heteroatoms. The van der Waals surface area contributed by atoms with Crippen LogP contribution in [0.15, 0.2) is 24.3 Å². The van der Waals surface area contributed by atoms with Crippen LogP contribution in [0, 0.1) is 13.8 Å². The number of rotatable bonds is 7. The van der Waals surface area contributed by atoms with Crippen molar-refractivity contribution in [3.8, 4) is 0 Å². The van der Waals surface area contributed by atoms with E-state index >= 15 is 0 Å². The second-order valence-electron chi connectivity index (χ2n) is 6.83. The maximum Gasteiger partial charge on any atom is 0.224 e. The average Bonchev–Trinajstić information content (AvgIpc) is 2.81. The number of nitrogens with one attached hydrogen (secondary N) is 1. The largest absolute Gasteiger partial charge is 0.354 e. The summed E-state index contributed by atoms with van der Waals surface area (Å²) in [5, 5.41) is 7.47. The summed E-state index contributed by atoms with van der Waals surface area (Å²) in [5.41, 5.74) is 5.54. The number of aromatic nitrogens is 2. The summed E-state index contributed by atoms with van der Waals surface area (Å²) < 4.78 is 1.83. The first-order valence-corrected chi connectivity index (χ1v) is 8.84. The van der Waals surface area contributed by atoms with E-state index in [1.807, 2.05) is 39.7 Å². The molecule has 0 fully saturated rings. The maximum absolute atomic E-state index is 12.4. The molecule has 5 nitrogen and oxygen atoms in total. The Morgan fingerprint density at radius 1 is 1.24 bits per heavy atom. The van der Waals surface area contributed by atoms with Gasteiger partial charge in [0.2, 0.25) is 5.91 Å². The van der Waals surface area contributed by atoms with E-state index in [-0.39, 0.29) is 11.9 Å². The molecule has 1 heterocycles. The van der Waals surface area contributed by atoms with Crippen molar-refractivity contribution in [1.29, 1.82) is 0 Å². The van der Waals surface area contributed by atoms with Crippen molar-refractivity contribution >= 4 is 5.91 Å². The van der Waals surface area contributed by atoms with E-state index in [9.17, 15) is 4.79 Å². The molecule has 2 rings (SSSR count). The fraction of sp³-hybridized carbons (Fsp3) is 0.500. The lowest BCUT2D eigenvalue weighted by molar-refractivity contribution is -0.120. The number of hydrogen-bond donors (Lipinski definition) is 1. The minimum Gasteiger partial charge on any atom is -0.354 e. The molecule has 25 heavy (non-hydrogen) atoms. The van der Waals surface area contributed by atoms with Crippen LogP contribution >= 0.6 is 0 Å². The first-order valence-electron chi connectivity index (χ1n) is 8.84. The SMILES string of the molecule is CCc1ccc(C(CNC(=O)Cc2c(C)nn(C)c2C)N(C)C)cc1. The van der Waals surface area contributed by atoms with Gasteiger partial charge in [-0.1, -0.05) is 31.2 Å². The summed E-state index contributed by atoms with van der Waals surface area (Å²) in [7, 11) is 5.99. The zero-order valence-corrected chi connectivity index (χ0v) is 16.3. The molecule has 0 spiro atoms. The Kier molecular flexibility index (Phi) is 6.37. The summed E-state index contributed by atoms with van der Waals surface area (Å²) in [6.07, 6.45) is 1.41. The summed E-state index contributed by atoms with van der Waals surface area (Å²) in [6.45, 7) is 6.70. The minimum atomic E-state index is 0.0382. The molecular weight excluding hydrogens is 312 g/mol. The summed E-state index contributed by atoms with van der Waals surface area (Å²) in [6, 6.07) is 8.80. The number of likely N-dealkylation sites (N-methyl/N-ethyl adjacent to an activating group) is 1. The standard InChI is InChI=1S/C20H30N4O/c1-7-16-8-10-17(11-9-16)19(23(4)5)13-21-20(25)12-18-14(2)22-24(6)15(18)3/h8-11,19H,7,12-13H2,1-6H3,(H,21,25). The third-order valence-electron chi connectivity index (χ3n) is 4.88. The van der Waals surface area contributed by atoms with Crippen LogP contribution in [-0.4, -0.2) is 41.2 Å².